The first-order valence-electron chi connectivity index (χ1n) is 5.41. The van der Waals surface area contributed by atoms with Crippen LogP contribution in [0.1, 0.15) is 47.0 Å². The molecule has 0 atom stereocenters. The minimum atomic E-state index is -0.412. The van der Waals surface area contributed by atoms with Crippen molar-refractivity contribution in [2.75, 3.05) is 0 Å². The van der Waals surface area contributed by atoms with Gasteiger partial charge in [-0.3, -0.25) is 0 Å². The average molecular weight is 196 g/mol. The van der Waals surface area contributed by atoms with E-state index in [4.69, 9.17) is 0 Å². The van der Waals surface area contributed by atoms with E-state index >= 15 is 0 Å². The Kier molecular flexibility index (Phi) is 3.29. The Balaban J connectivity index is 2.89. The summed E-state index contributed by atoms with van der Waals surface area (Å²) in [5.74, 6) is 0.909. The molecule has 0 aromatic carbocycles. The van der Waals surface area contributed by atoms with Gasteiger partial charge < -0.3 is 5.11 Å². The Morgan fingerprint density at radius 2 is 1.86 bits per heavy atom. The van der Waals surface area contributed by atoms with Gasteiger partial charge in [-0.15, -0.1) is 0 Å². The van der Waals surface area contributed by atoms with Crippen LogP contribution < -0.4 is 0 Å². The Morgan fingerprint density at radius 1 is 1.29 bits per heavy atom. The molecule has 14 heavy (non-hydrogen) atoms. The van der Waals surface area contributed by atoms with Crippen molar-refractivity contribution in [3.05, 3.63) is 11.5 Å². The van der Waals surface area contributed by atoms with E-state index in [1.807, 2.05) is 13.8 Å². The first-order chi connectivity index (χ1) is 6.55. The maximum Gasteiger partial charge on any atom is 0.145 e. The number of hydrogen-bond donors (Lipinski definition) is 1. The molecule has 0 spiro atoms. The Labute approximate surface area is 85.9 Å². The summed E-state index contributed by atoms with van der Waals surface area (Å²) in [4.78, 5) is 0. The molecule has 1 heterocycles. The Bertz CT molecular complexity index is 262. The molecular weight excluding hydrogens is 176 g/mol. The second-order valence-corrected chi connectivity index (χ2v) is 4.33. The van der Waals surface area contributed by atoms with Crippen LogP contribution in [0.25, 0.3) is 0 Å². The zero-order valence-electron chi connectivity index (χ0n) is 9.54. The van der Waals surface area contributed by atoms with Gasteiger partial charge in [0, 0.05) is 0 Å². The molecule has 1 rings (SSSR count). The summed E-state index contributed by atoms with van der Waals surface area (Å²) in [6.45, 7) is 8.31. The number of hydrogen-bond acceptors (Lipinski definition) is 3. The monoisotopic (exact) mass is 196 g/mol. The molecule has 0 aromatic heterocycles. The minimum Gasteiger partial charge on any atom is -0.508 e. The highest BCUT2D eigenvalue weighted by Gasteiger charge is 2.37. The molecule has 0 aromatic rings. The van der Waals surface area contributed by atoms with Gasteiger partial charge in [-0.25, -0.2) is 0 Å². The summed E-state index contributed by atoms with van der Waals surface area (Å²) in [5, 5.41) is 18.4. The fourth-order valence-corrected chi connectivity index (χ4v) is 1.77. The predicted octanol–water partition coefficient (Wildman–Crippen LogP) is 3.83. The molecule has 0 bridgehead atoms. The highest BCUT2D eigenvalue weighted by atomic mass is 16.3. The maximum absolute atomic E-state index is 10.0. The van der Waals surface area contributed by atoms with Gasteiger partial charge >= 0.3 is 0 Å². The molecule has 1 aliphatic rings. The lowest BCUT2D eigenvalue weighted by atomic mass is 9.90. The second-order valence-electron chi connectivity index (χ2n) is 4.33. The largest absolute Gasteiger partial charge is 0.508 e. The molecule has 3 heteroatoms. The lowest BCUT2D eigenvalue weighted by Gasteiger charge is -2.21. The van der Waals surface area contributed by atoms with Crippen LogP contribution in [0.2, 0.25) is 0 Å². The Morgan fingerprint density at radius 3 is 2.21 bits per heavy atom. The molecule has 80 valence electrons. The number of rotatable bonds is 4. The standard InChI is InChI=1S/C11H20N2O/c1-5-11(6-2)10(14)9(12-13-11)7-8(3)4/h8,14H,5-7H2,1-4H3. The van der Waals surface area contributed by atoms with Gasteiger partial charge in [-0.1, -0.05) is 27.7 Å². The molecule has 0 fully saturated rings. The molecule has 0 aliphatic carbocycles. The summed E-state index contributed by atoms with van der Waals surface area (Å²) < 4.78 is 0. The highest BCUT2D eigenvalue weighted by Crippen LogP contribution is 2.38. The summed E-state index contributed by atoms with van der Waals surface area (Å²) in [6.07, 6.45) is 2.46. The summed E-state index contributed by atoms with van der Waals surface area (Å²) in [6, 6.07) is 0. The summed E-state index contributed by atoms with van der Waals surface area (Å²) in [5.41, 5.74) is 0.369. The zero-order valence-corrected chi connectivity index (χ0v) is 9.54. The van der Waals surface area contributed by atoms with Crippen molar-refractivity contribution >= 4 is 0 Å². The number of aliphatic hydroxyl groups excluding tert-OH is 1. The molecule has 0 radical (unpaired) electrons. The van der Waals surface area contributed by atoms with Gasteiger partial charge in [0.15, 0.2) is 0 Å². The number of azo groups is 1. The number of nitrogens with zero attached hydrogens (tertiary/aromatic N) is 2. The third-order valence-corrected chi connectivity index (χ3v) is 2.85. The van der Waals surface area contributed by atoms with Gasteiger partial charge in [-0.05, 0) is 25.2 Å². The first-order valence-corrected chi connectivity index (χ1v) is 5.41. The van der Waals surface area contributed by atoms with Crippen LogP contribution in [0.15, 0.2) is 21.7 Å². The number of aliphatic hydroxyl groups is 1. The van der Waals surface area contributed by atoms with E-state index in [0.717, 1.165) is 25.0 Å². The van der Waals surface area contributed by atoms with E-state index in [1.165, 1.54) is 0 Å². The van der Waals surface area contributed by atoms with E-state index in [2.05, 4.69) is 24.1 Å². The van der Waals surface area contributed by atoms with Crippen molar-refractivity contribution in [1.29, 1.82) is 0 Å². The van der Waals surface area contributed by atoms with Crippen molar-refractivity contribution in [3.63, 3.8) is 0 Å². The van der Waals surface area contributed by atoms with E-state index in [-0.39, 0.29) is 0 Å². The van der Waals surface area contributed by atoms with Gasteiger partial charge in [0.25, 0.3) is 0 Å². The minimum absolute atomic E-state index is 0.399. The topological polar surface area (TPSA) is 45.0 Å². The molecule has 1 aliphatic heterocycles. The lowest BCUT2D eigenvalue weighted by Crippen LogP contribution is -2.25. The van der Waals surface area contributed by atoms with Crippen molar-refractivity contribution in [1.82, 2.24) is 0 Å². The molecule has 1 N–H and O–H groups in total. The van der Waals surface area contributed by atoms with Crippen molar-refractivity contribution in [2.45, 2.75) is 52.5 Å². The van der Waals surface area contributed by atoms with Gasteiger partial charge in [0.05, 0.1) is 0 Å². The van der Waals surface area contributed by atoms with E-state index in [1.54, 1.807) is 0 Å². The normalized spacial score (nSPS) is 19.8. The van der Waals surface area contributed by atoms with Crippen molar-refractivity contribution < 1.29 is 5.11 Å². The molecule has 3 nitrogen and oxygen atoms in total. The highest BCUT2D eigenvalue weighted by molar-refractivity contribution is 5.23. The lowest BCUT2D eigenvalue weighted by molar-refractivity contribution is 0.284. The third kappa shape index (κ3) is 1.81. The van der Waals surface area contributed by atoms with Crippen LogP contribution in [0, 0.1) is 5.92 Å². The van der Waals surface area contributed by atoms with Crippen molar-refractivity contribution in [3.8, 4) is 0 Å². The zero-order chi connectivity index (χ0) is 10.8. The van der Waals surface area contributed by atoms with Crippen LogP contribution in [-0.2, 0) is 0 Å². The predicted molar refractivity (Wildman–Crippen MR) is 57.3 cm³/mol. The van der Waals surface area contributed by atoms with E-state index < -0.39 is 5.54 Å². The molecule has 0 saturated heterocycles. The molecule has 0 amide bonds. The van der Waals surface area contributed by atoms with Crippen LogP contribution in [-0.4, -0.2) is 10.6 Å². The van der Waals surface area contributed by atoms with Crippen molar-refractivity contribution in [2.24, 2.45) is 16.1 Å². The van der Waals surface area contributed by atoms with E-state index in [9.17, 15) is 5.11 Å². The summed E-state index contributed by atoms with van der Waals surface area (Å²) in [7, 11) is 0. The van der Waals surface area contributed by atoms with Crippen LogP contribution in [0.3, 0.4) is 0 Å². The van der Waals surface area contributed by atoms with Crippen LogP contribution in [0.4, 0.5) is 0 Å². The van der Waals surface area contributed by atoms with Crippen LogP contribution in [0.5, 0.6) is 0 Å². The fourth-order valence-electron chi connectivity index (χ4n) is 1.77. The average Bonchev–Trinajstić information content (AvgIpc) is 2.45. The number of allylic oxidation sites excluding steroid dienone is 1. The Hall–Kier alpha value is -0.860. The SMILES string of the molecule is CCC1(CC)N=NC(CC(C)C)=C1O. The second kappa shape index (κ2) is 4.11. The first kappa shape index (κ1) is 11.2. The fraction of sp³-hybridized carbons (Fsp3) is 0.818. The third-order valence-electron chi connectivity index (χ3n) is 2.85. The molecule has 0 unspecified atom stereocenters. The van der Waals surface area contributed by atoms with Gasteiger partial charge in [-0.2, -0.15) is 10.2 Å². The molecular formula is C11H20N2O. The summed E-state index contributed by atoms with van der Waals surface area (Å²) >= 11 is 0. The molecule has 0 saturated carbocycles. The maximum atomic E-state index is 10.0. The van der Waals surface area contributed by atoms with Gasteiger partial charge in [0.1, 0.15) is 17.0 Å². The van der Waals surface area contributed by atoms with Gasteiger partial charge in [0.2, 0.25) is 0 Å². The van der Waals surface area contributed by atoms with E-state index in [0.29, 0.717) is 11.7 Å². The quantitative estimate of drug-likeness (QED) is 0.729. The smallest absolute Gasteiger partial charge is 0.145 e. The van der Waals surface area contributed by atoms with Crippen LogP contribution >= 0.6 is 0 Å².